The summed E-state index contributed by atoms with van der Waals surface area (Å²) in [6.07, 6.45) is 2.82. The summed E-state index contributed by atoms with van der Waals surface area (Å²) in [4.78, 5) is 28.6. The van der Waals surface area contributed by atoms with Gasteiger partial charge in [0.15, 0.2) is 0 Å². The van der Waals surface area contributed by atoms with Gasteiger partial charge in [0.05, 0.1) is 7.11 Å². The molecule has 2 fully saturated rings. The van der Waals surface area contributed by atoms with Crippen molar-refractivity contribution < 1.29 is 14.3 Å². The minimum Gasteiger partial charge on any atom is -0.497 e. The maximum absolute atomic E-state index is 12.5. The largest absolute Gasteiger partial charge is 0.497 e. The van der Waals surface area contributed by atoms with E-state index in [1.165, 1.54) is 0 Å². The van der Waals surface area contributed by atoms with Crippen molar-refractivity contribution in [1.82, 2.24) is 15.1 Å². The van der Waals surface area contributed by atoms with Gasteiger partial charge in [-0.15, -0.1) is 12.4 Å². The predicted molar refractivity (Wildman–Crippen MR) is 98.4 cm³/mol. The van der Waals surface area contributed by atoms with Crippen LogP contribution in [0, 0.1) is 0 Å². The summed E-state index contributed by atoms with van der Waals surface area (Å²) in [7, 11) is 1.61. The molecule has 3 rings (SSSR count). The van der Waals surface area contributed by atoms with Gasteiger partial charge in [0, 0.05) is 44.2 Å². The number of benzene rings is 1. The molecular formula is C18H26ClN3O3. The molecule has 2 heterocycles. The Morgan fingerprint density at radius 3 is 2.32 bits per heavy atom. The molecule has 2 amide bonds. The van der Waals surface area contributed by atoms with Gasteiger partial charge >= 0.3 is 0 Å². The topological polar surface area (TPSA) is 61.9 Å². The van der Waals surface area contributed by atoms with Gasteiger partial charge in [0.2, 0.25) is 5.91 Å². The highest BCUT2D eigenvalue weighted by Gasteiger charge is 2.27. The van der Waals surface area contributed by atoms with Crippen LogP contribution in [0.3, 0.4) is 0 Å². The molecule has 0 saturated carbocycles. The maximum Gasteiger partial charge on any atom is 0.253 e. The molecule has 1 atom stereocenters. The second kappa shape index (κ2) is 9.06. The van der Waals surface area contributed by atoms with Crippen LogP contribution >= 0.6 is 12.4 Å². The van der Waals surface area contributed by atoms with E-state index in [1.807, 2.05) is 9.80 Å². The van der Waals surface area contributed by atoms with Crippen LogP contribution in [0.4, 0.5) is 0 Å². The van der Waals surface area contributed by atoms with E-state index in [-0.39, 0.29) is 24.2 Å². The lowest BCUT2D eigenvalue weighted by Gasteiger charge is -2.35. The third-order valence-corrected chi connectivity index (χ3v) is 4.84. The van der Waals surface area contributed by atoms with E-state index < -0.39 is 0 Å². The second-order valence-electron chi connectivity index (χ2n) is 6.40. The van der Waals surface area contributed by atoms with Crippen molar-refractivity contribution in [1.29, 1.82) is 0 Å². The molecule has 2 aliphatic rings. The highest BCUT2D eigenvalue weighted by Crippen LogP contribution is 2.15. The number of hydrogen-bond donors (Lipinski definition) is 1. The zero-order chi connectivity index (χ0) is 16.9. The summed E-state index contributed by atoms with van der Waals surface area (Å²) in [6, 6.07) is 7.48. The van der Waals surface area contributed by atoms with Crippen LogP contribution in [0.5, 0.6) is 5.75 Å². The fourth-order valence-electron chi connectivity index (χ4n) is 3.35. The van der Waals surface area contributed by atoms with Crippen molar-refractivity contribution in [2.24, 2.45) is 0 Å². The van der Waals surface area contributed by atoms with Crippen LogP contribution in [-0.2, 0) is 4.79 Å². The molecule has 1 aromatic rings. The third-order valence-electron chi connectivity index (χ3n) is 4.84. The Labute approximate surface area is 154 Å². The van der Waals surface area contributed by atoms with E-state index in [0.29, 0.717) is 44.2 Å². The quantitative estimate of drug-likeness (QED) is 0.877. The first-order valence-electron chi connectivity index (χ1n) is 8.62. The number of methoxy groups -OCH3 is 1. The Hall–Kier alpha value is -1.79. The molecular weight excluding hydrogens is 342 g/mol. The molecule has 6 nitrogen and oxygen atoms in total. The molecule has 2 saturated heterocycles. The Bertz CT molecular complexity index is 580. The van der Waals surface area contributed by atoms with Gasteiger partial charge < -0.3 is 19.9 Å². The SMILES string of the molecule is COc1ccc(C(=O)N2CCN(C(=O)CC3CCCN3)CC2)cc1.Cl. The minimum atomic E-state index is 0. The van der Waals surface area contributed by atoms with Gasteiger partial charge in [-0.1, -0.05) is 0 Å². The van der Waals surface area contributed by atoms with Gasteiger partial charge in [-0.05, 0) is 43.7 Å². The number of amides is 2. The van der Waals surface area contributed by atoms with Crippen molar-refractivity contribution in [2.45, 2.75) is 25.3 Å². The van der Waals surface area contributed by atoms with Crippen LogP contribution in [0.1, 0.15) is 29.6 Å². The second-order valence-corrected chi connectivity index (χ2v) is 6.40. The predicted octanol–water partition coefficient (Wildman–Crippen LogP) is 1.54. The lowest BCUT2D eigenvalue weighted by Crippen LogP contribution is -2.51. The smallest absolute Gasteiger partial charge is 0.253 e. The molecule has 0 radical (unpaired) electrons. The van der Waals surface area contributed by atoms with Crippen LogP contribution in [0.15, 0.2) is 24.3 Å². The first-order valence-corrected chi connectivity index (χ1v) is 8.62. The fraction of sp³-hybridized carbons (Fsp3) is 0.556. The Kier molecular flexibility index (Phi) is 7.08. The Balaban J connectivity index is 0.00000225. The van der Waals surface area contributed by atoms with Crippen LogP contribution in [0.25, 0.3) is 0 Å². The number of piperazine rings is 1. The van der Waals surface area contributed by atoms with Crippen molar-refractivity contribution >= 4 is 24.2 Å². The highest BCUT2D eigenvalue weighted by molar-refractivity contribution is 5.94. The van der Waals surface area contributed by atoms with Crippen LogP contribution < -0.4 is 10.1 Å². The van der Waals surface area contributed by atoms with Gasteiger partial charge in [-0.25, -0.2) is 0 Å². The number of carbonyl (C=O) groups is 2. The van der Waals surface area contributed by atoms with Crippen molar-refractivity contribution in [3.8, 4) is 5.75 Å². The summed E-state index contributed by atoms with van der Waals surface area (Å²) in [5.41, 5.74) is 0.658. The molecule has 1 unspecified atom stereocenters. The summed E-state index contributed by atoms with van der Waals surface area (Å²) < 4.78 is 5.12. The lowest BCUT2D eigenvalue weighted by atomic mass is 10.1. The summed E-state index contributed by atoms with van der Waals surface area (Å²) in [6.45, 7) is 3.44. The van der Waals surface area contributed by atoms with Crippen LogP contribution in [-0.4, -0.2) is 67.5 Å². The minimum absolute atomic E-state index is 0. The van der Waals surface area contributed by atoms with Gasteiger partial charge in [-0.3, -0.25) is 9.59 Å². The van der Waals surface area contributed by atoms with Crippen molar-refractivity contribution in [3.05, 3.63) is 29.8 Å². The number of hydrogen-bond acceptors (Lipinski definition) is 4. The van der Waals surface area contributed by atoms with E-state index in [4.69, 9.17) is 4.74 Å². The molecule has 7 heteroatoms. The summed E-state index contributed by atoms with van der Waals surface area (Å²) >= 11 is 0. The first-order chi connectivity index (χ1) is 11.7. The van der Waals surface area contributed by atoms with E-state index in [1.54, 1.807) is 31.4 Å². The molecule has 1 N–H and O–H groups in total. The average molecular weight is 368 g/mol. The van der Waals surface area contributed by atoms with Gasteiger partial charge in [-0.2, -0.15) is 0 Å². The third kappa shape index (κ3) is 4.86. The highest BCUT2D eigenvalue weighted by atomic mass is 35.5. The molecule has 0 aliphatic carbocycles. The van der Waals surface area contributed by atoms with Crippen molar-refractivity contribution in [3.63, 3.8) is 0 Å². The number of ether oxygens (including phenoxy) is 1. The maximum atomic E-state index is 12.5. The zero-order valence-electron chi connectivity index (χ0n) is 14.6. The normalized spacial score (nSPS) is 20.1. The van der Waals surface area contributed by atoms with E-state index in [0.717, 1.165) is 25.1 Å². The molecule has 0 spiro atoms. The average Bonchev–Trinajstić information content (AvgIpc) is 3.14. The van der Waals surface area contributed by atoms with E-state index in [9.17, 15) is 9.59 Å². The lowest BCUT2D eigenvalue weighted by molar-refractivity contribution is -0.133. The van der Waals surface area contributed by atoms with Gasteiger partial charge in [0.1, 0.15) is 5.75 Å². The number of rotatable bonds is 4. The fourth-order valence-corrected chi connectivity index (χ4v) is 3.35. The van der Waals surface area contributed by atoms with Crippen LogP contribution in [0.2, 0.25) is 0 Å². The Morgan fingerprint density at radius 1 is 1.12 bits per heavy atom. The van der Waals surface area contributed by atoms with Gasteiger partial charge in [0.25, 0.3) is 5.91 Å². The molecule has 0 bridgehead atoms. The number of halogens is 1. The molecule has 138 valence electrons. The zero-order valence-corrected chi connectivity index (χ0v) is 15.4. The Morgan fingerprint density at radius 2 is 1.76 bits per heavy atom. The van der Waals surface area contributed by atoms with E-state index >= 15 is 0 Å². The first kappa shape index (κ1) is 19.5. The number of carbonyl (C=O) groups excluding carboxylic acids is 2. The molecule has 25 heavy (non-hydrogen) atoms. The van der Waals surface area contributed by atoms with E-state index in [2.05, 4.69) is 5.32 Å². The molecule has 2 aliphatic heterocycles. The molecule has 1 aromatic carbocycles. The molecule has 0 aromatic heterocycles. The number of nitrogens with zero attached hydrogens (tertiary/aromatic N) is 2. The monoisotopic (exact) mass is 367 g/mol. The summed E-state index contributed by atoms with van der Waals surface area (Å²) in [5.74, 6) is 0.954. The standard InChI is InChI=1S/C18H25N3O3.ClH/c1-24-16-6-4-14(5-7-16)18(23)21-11-9-20(10-12-21)17(22)13-15-3-2-8-19-15;/h4-7,15,19H,2-3,8-13H2,1H3;1H. The number of nitrogens with one attached hydrogen (secondary N) is 1. The summed E-state index contributed by atoms with van der Waals surface area (Å²) in [5, 5.41) is 3.36. The van der Waals surface area contributed by atoms with Crippen molar-refractivity contribution in [2.75, 3.05) is 39.8 Å².